The second kappa shape index (κ2) is 11.4. The fourth-order valence-corrected chi connectivity index (χ4v) is 1.72. The molecule has 0 fully saturated rings. The van der Waals surface area contributed by atoms with E-state index in [2.05, 4.69) is 0 Å². The molecule has 1 aromatic rings. The standard InChI is InChI=1S/C16H23FO4/c1-19-12-13-21-11-3-10-20-9-2-4-16(18)14-5-7-15(17)8-6-14/h5-8H,2-4,9-13H2,1H3. The van der Waals surface area contributed by atoms with Gasteiger partial charge in [0.1, 0.15) is 5.82 Å². The van der Waals surface area contributed by atoms with Crippen LogP contribution in [0.25, 0.3) is 0 Å². The summed E-state index contributed by atoms with van der Waals surface area (Å²) in [6.45, 7) is 3.02. The molecule has 0 heterocycles. The van der Waals surface area contributed by atoms with E-state index < -0.39 is 0 Å². The van der Waals surface area contributed by atoms with Crippen LogP contribution in [-0.2, 0) is 14.2 Å². The van der Waals surface area contributed by atoms with Crippen molar-refractivity contribution in [3.8, 4) is 0 Å². The maximum absolute atomic E-state index is 12.7. The number of benzene rings is 1. The molecule has 4 nitrogen and oxygen atoms in total. The van der Waals surface area contributed by atoms with Gasteiger partial charge in [-0.2, -0.15) is 0 Å². The number of carbonyl (C=O) groups excluding carboxylic acids is 1. The highest BCUT2D eigenvalue weighted by Crippen LogP contribution is 2.07. The molecule has 1 aromatic carbocycles. The Hall–Kier alpha value is -1.30. The van der Waals surface area contributed by atoms with Crippen LogP contribution in [0.15, 0.2) is 24.3 Å². The molecule has 0 unspecified atom stereocenters. The molecule has 21 heavy (non-hydrogen) atoms. The van der Waals surface area contributed by atoms with Gasteiger partial charge >= 0.3 is 0 Å². The summed E-state index contributed by atoms with van der Waals surface area (Å²) in [5.74, 6) is -0.316. The fraction of sp³-hybridized carbons (Fsp3) is 0.562. The Morgan fingerprint density at radius 1 is 0.952 bits per heavy atom. The lowest BCUT2D eigenvalue weighted by atomic mass is 10.1. The van der Waals surface area contributed by atoms with Crippen molar-refractivity contribution in [2.24, 2.45) is 0 Å². The van der Waals surface area contributed by atoms with Gasteiger partial charge in [-0.15, -0.1) is 0 Å². The molecule has 0 saturated carbocycles. The summed E-state index contributed by atoms with van der Waals surface area (Å²) in [7, 11) is 1.64. The summed E-state index contributed by atoms with van der Waals surface area (Å²) in [5, 5.41) is 0. The average molecular weight is 298 g/mol. The maximum atomic E-state index is 12.7. The first-order valence-electron chi connectivity index (χ1n) is 7.17. The molecule has 0 radical (unpaired) electrons. The van der Waals surface area contributed by atoms with E-state index in [1.165, 1.54) is 24.3 Å². The Balaban J connectivity index is 1.96. The van der Waals surface area contributed by atoms with Crippen molar-refractivity contribution < 1.29 is 23.4 Å². The molecule has 0 bridgehead atoms. The van der Waals surface area contributed by atoms with Crippen LogP contribution in [0.2, 0.25) is 0 Å². The molecule has 1 rings (SSSR count). The topological polar surface area (TPSA) is 44.8 Å². The molecule has 5 heteroatoms. The summed E-state index contributed by atoms with van der Waals surface area (Å²) in [6.07, 6.45) is 1.91. The van der Waals surface area contributed by atoms with Gasteiger partial charge in [0.05, 0.1) is 13.2 Å². The minimum atomic E-state index is -0.331. The molecule has 0 aliphatic heterocycles. The molecule has 0 spiro atoms. The van der Waals surface area contributed by atoms with Gasteiger partial charge in [-0.1, -0.05) is 0 Å². The van der Waals surface area contributed by atoms with Gasteiger partial charge in [-0.05, 0) is 37.1 Å². The third kappa shape index (κ3) is 8.55. The molecular weight excluding hydrogens is 275 g/mol. The number of hydrogen-bond donors (Lipinski definition) is 0. The van der Waals surface area contributed by atoms with Gasteiger partial charge in [0, 0.05) is 38.9 Å². The van der Waals surface area contributed by atoms with Gasteiger partial charge in [-0.25, -0.2) is 4.39 Å². The monoisotopic (exact) mass is 298 g/mol. The Morgan fingerprint density at radius 3 is 2.24 bits per heavy atom. The molecule has 0 amide bonds. The van der Waals surface area contributed by atoms with E-state index in [1.807, 2.05) is 0 Å². The van der Waals surface area contributed by atoms with E-state index in [-0.39, 0.29) is 11.6 Å². The first-order valence-corrected chi connectivity index (χ1v) is 7.17. The van der Waals surface area contributed by atoms with Crippen LogP contribution in [0.5, 0.6) is 0 Å². The Bertz CT molecular complexity index is 392. The number of ether oxygens (including phenoxy) is 3. The number of carbonyl (C=O) groups is 1. The van der Waals surface area contributed by atoms with E-state index in [0.29, 0.717) is 51.4 Å². The SMILES string of the molecule is COCCOCCCOCCCC(=O)c1ccc(F)cc1. The zero-order valence-corrected chi connectivity index (χ0v) is 12.5. The number of rotatable bonds is 12. The first-order chi connectivity index (χ1) is 10.2. The lowest BCUT2D eigenvalue weighted by Crippen LogP contribution is -2.07. The highest BCUT2D eigenvalue weighted by Gasteiger charge is 2.05. The van der Waals surface area contributed by atoms with Crippen molar-refractivity contribution in [3.63, 3.8) is 0 Å². The Kier molecular flexibility index (Phi) is 9.61. The third-order valence-corrected chi connectivity index (χ3v) is 2.87. The third-order valence-electron chi connectivity index (χ3n) is 2.87. The molecule has 118 valence electrons. The van der Waals surface area contributed by atoms with Crippen molar-refractivity contribution in [2.45, 2.75) is 19.3 Å². The average Bonchev–Trinajstić information content (AvgIpc) is 2.49. The van der Waals surface area contributed by atoms with Crippen molar-refractivity contribution in [2.75, 3.05) is 40.1 Å². The molecule has 0 aliphatic carbocycles. The van der Waals surface area contributed by atoms with E-state index in [9.17, 15) is 9.18 Å². The summed E-state index contributed by atoms with van der Waals surface area (Å²) >= 11 is 0. The quantitative estimate of drug-likeness (QED) is 0.440. The van der Waals surface area contributed by atoms with Gasteiger partial charge in [0.2, 0.25) is 0 Å². The number of methoxy groups -OCH3 is 1. The van der Waals surface area contributed by atoms with Crippen LogP contribution in [0.4, 0.5) is 4.39 Å². The summed E-state index contributed by atoms with van der Waals surface area (Å²) in [4.78, 5) is 11.8. The van der Waals surface area contributed by atoms with Crippen molar-refractivity contribution in [1.82, 2.24) is 0 Å². The Labute approximate surface area is 125 Å². The number of halogens is 1. The normalized spacial score (nSPS) is 10.8. The van der Waals surface area contributed by atoms with Crippen LogP contribution in [-0.4, -0.2) is 45.9 Å². The van der Waals surface area contributed by atoms with Gasteiger partial charge < -0.3 is 14.2 Å². The van der Waals surface area contributed by atoms with E-state index in [1.54, 1.807) is 7.11 Å². The second-order valence-corrected chi connectivity index (χ2v) is 4.60. The molecule has 0 aliphatic rings. The molecular formula is C16H23FO4. The predicted molar refractivity (Wildman–Crippen MR) is 78.1 cm³/mol. The largest absolute Gasteiger partial charge is 0.382 e. The Morgan fingerprint density at radius 2 is 1.57 bits per heavy atom. The van der Waals surface area contributed by atoms with E-state index in [4.69, 9.17) is 14.2 Å². The summed E-state index contributed by atoms with van der Waals surface area (Å²) < 4.78 is 28.3. The summed E-state index contributed by atoms with van der Waals surface area (Å²) in [6, 6.07) is 5.62. The van der Waals surface area contributed by atoms with Crippen molar-refractivity contribution >= 4 is 5.78 Å². The van der Waals surface area contributed by atoms with Crippen LogP contribution in [0.3, 0.4) is 0 Å². The zero-order valence-electron chi connectivity index (χ0n) is 12.5. The smallest absolute Gasteiger partial charge is 0.162 e. The second-order valence-electron chi connectivity index (χ2n) is 4.60. The lowest BCUT2D eigenvalue weighted by Gasteiger charge is -2.05. The lowest BCUT2D eigenvalue weighted by molar-refractivity contribution is 0.0506. The molecule has 0 N–H and O–H groups in total. The fourth-order valence-electron chi connectivity index (χ4n) is 1.72. The molecule has 0 aromatic heterocycles. The number of Topliss-reactive ketones (excluding diaryl/α,β-unsaturated/α-hetero) is 1. The van der Waals surface area contributed by atoms with Crippen molar-refractivity contribution in [1.29, 1.82) is 0 Å². The van der Waals surface area contributed by atoms with Gasteiger partial charge in [0.25, 0.3) is 0 Å². The summed E-state index contributed by atoms with van der Waals surface area (Å²) in [5.41, 5.74) is 0.544. The minimum Gasteiger partial charge on any atom is -0.382 e. The van der Waals surface area contributed by atoms with Crippen molar-refractivity contribution in [3.05, 3.63) is 35.6 Å². The van der Waals surface area contributed by atoms with Gasteiger partial charge in [-0.3, -0.25) is 4.79 Å². The number of hydrogen-bond acceptors (Lipinski definition) is 4. The van der Waals surface area contributed by atoms with Crippen LogP contribution < -0.4 is 0 Å². The van der Waals surface area contributed by atoms with E-state index >= 15 is 0 Å². The molecule has 0 saturated heterocycles. The van der Waals surface area contributed by atoms with E-state index in [0.717, 1.165) is 6.42 Å². The highest BCUT2D eigenvalue weighted by molar-refractivity contribution is 5.95. The van der Waals surface area contributed by atoms with Crippen LogP contribution >= 0.6 is 0 Å². The molecule has 0 atom stereocenters. The zero-order chi connectivity index (χ0) is 15.3. The van der Waals surface area contributed by atoms with Gasteiger partial charge in [0.15, 0.2) is 5.78 Å². The predicted octanol–water partition coefficient (Wildman–Crippen LogP) is 2.86. The maximum Gasteiger partial charge on any atom is 0.162 e. The van der Waals surface area contributed by atoms with Crippen LogP contribution in [0, 0.1) is 5.82 Å². The number of ketones is 1. The first kappa shape index (κ1) is 17.8. The highest BCUT2D eigenvalue weighted by atomic mass is 19.1. The van der Waals surface area contributed by atoms with Crippen LogP contribution in [0.1, 0.15) is 29.6 Å². The minimum absolute atomic E-state index is 0.0153.